The summed E-state index contributed by atoms with van der Waals surface area (Å²) in [4.78, 5) is 17.8. The number of thiophene rings is 1. The number of hydrogen-bond acceptors (Lipinski definition) is 4. The van der Waals surface area contributed by atoms with Crippen molar-refractivity contribution in [2.45, 2.75) is 13.3 Å². The van der Waals surface area contributed by atoms with Crippen molar-refractivity contribution in [2.75, 3.05) is 0 Å². The van der Waals surface area contributed by atoms with Gasteiger partial charge in [0.2, 0.25) is 3.79 Å². The number of rotatable bonds is 3. The molecule has 0 saturated carbocycles. The fourth-order valence-electron chi connectivity index (χ4n) is 2.02. The number of halogens is 1. The number of aryl methyl sites for hydroxylation is 1. The number of imidazole rings is 1. The number of aromatic nitrogens is 3. The molecule has 0 aliphatic rings. The van der Waals surface area contributed by atoms with Crippen LogP contribution in [-0.2, 0) is 6.42 Å². The van der Waals surface area contributed by atoms with Gasteiger partial charge in [-0.25, -0.2) is 9.50 Å². The molecule has 6 heteroatoms. The van der Waals surface area contributed by atoms with Crippen molar-refractivity contribution in [3.05, 3.63) is 40.3 Å². The summed E-state index contributed by atoms with van der Waals surface area (Å²) in [7, 11) is 0. The molecule has 0 radical (unpaired) electrons. The standard InChI is InChI=1S/C13H10IN3OS/c1-2-10-8(6-11(19-10)13(14)18)9-7-15-12-4-3-5-16-17(9)12/h3-7H,2H2,1H3. The SMILES string of the molecule is CCc1sc(C(=O)I)cc1-c1cnc2cccnn12. The van der Waals surface area contributed by atoms with E-state index in [0.717, 1.165) is 28.2 Å². The Hall–Kier alpha value is -1.28. The fraction of sp³-hybridized carbons (Fsp3) is 0.154. The van der Waals surface area contributed by atoms with Gasteiger partial charge in [0.05, 0.1) is 16.8 Å². The molecular weight excluding hydrogens is 373 g/mol. The Kier molecular flexibility index (Phi) is 3.36. The van der Waals surface area contributed by atoms with Crippen molar-refractivity contribution < 1.29 is 4.79 Å². The quantitative estimate of drug-likeness (QED) is 0.513. The highest BCUT2D eigenvalue weighted by molar-refractivity contribution is 14.1. The molecule has 4 nitrogen and oxygen atoms in total. The maximum absolute atomic E-state index is 11.5. The van der Waals surface area contributed by atoms with E-state index in [2.05, 4.69) is 17.0 Å². The van der Waals surface area contributed by atoms with Crippen LogP contribution in [0.25, 0.3) is 16.9 Å². The molecule has 0 aliphatic heterocycles. The monoisotopic (exact) mass is 383 g/mol. The third-order valence-corrected chi connectivity index (χ3v) is 5.10. The second-order valence-electron chi connectivity index (χ2n) is 4.01. The van der Waals surface area contributed by atoms with Crippen LogP contribution < -0.4 is 0 Å². The van der Waals surface area contributed by atoms with Crippen molar-refractivity contribution in [1.29, 1.82) is 0 Å². The van der Waals surface area contributed by atoms with E-state index in [9.17, 15) is 4.79 Å². The number of hydrogen-bond donors (Lipinski definition) is 0. The Labute approximate surface area is 127 Å². The average Bonchev–Trinajstić information content (AvgIpc) is 3.01. The van der Waals surface area contributed by atoms with Gasteiger partial charge in [-0.1, -0.05) is 6.92 Å². The molecule has 96 valence electrons. The minimum atomic E-state index is 0.0744. The van der Waals surface area contributed by atoms with Gasteiger partial charge in [0.1, 0.15) is 0 Å². The summed E-state index contributed by atoms with van der Waals surface area (Å²) in [5.41, 5.74) is 2.81. The van der Waals surface area contributed by atoms with E-state index in [1.54, 1.807) is 17.5 Å². The Balaban J connectivity index is 2.23. The molecule has 3 rings (SSSR count). The minimum Gasteiger partial charge on any atom is -0.281 e. The highest BCUT2D eigenvalue weighted by atomic mass is 127. The van der Waals surface area contributed by atoms with Crippen LogP contribution in [0.5, 0.6) is 0 Å². The number of fused-ring (bicyclic) bond motifs is 1. The molecule has 0 aromatic carbocycles. The van der Waals surface area contributed by atoms with Gasteiger partial charge in [0.25, 0.3) is 0 Å². The topological polar surface area (TPSA) is 47.3 Å². The van der Waals surface area contributed by atoms with Crippen LogP contribution in [0.3, 0.4) is 0 Å². The summed E-state index contributed by atoms with van der Waals surface area (Å²) in [6.07, 6.45) is 4.44. The Morgan fingerprint density at radius 2 is 2.37 bits per heavy atom. The molecule has 3 aromatic rings. The van der Waals surface area contributed by atoms with Crippen LogP contribution in [0.15, 0.2) is 30.6 Å². The van der Waals surface area contributed by atoms with E-state index < -0.39 is 0 Å². The predicted molar refractivity (Wildman–Crippen MR) is 84.0 cm³/mol. The first-order chi connectivity index (χ1) is 9.20. The van der Waals surface area contributed by atoms with E-state index in [0.29, 0.717) is 0 Å². The Morgan fingerprint density at radius 1 is 1.53 bits per heavy atom. The second-order valence-corrected chi connectivity index (χ2v) is 6.13. The average molecular weight is 383 g/mol. The van der Waals surface area contributed by atoms with Crippen LogP contribution in [0.4, 0.5) is 0 Å². The van der Waals surface area contributed by atoms with E-state index in [4.69, 9.17) is 0 Å². The summed E-state index contributed by atoms with van der Waals surface area (Å²) in [5, 5.41) is 4.32. The van der Waals surface area contributed by atoms with Crippen molar-refractivity contribution in [3.63, 3.8) is 0 Å². The zero-order valence-corrected chi connectivity index (χ0v) is 13.1. The first-order valence-corrected chi connectivity index (χ1v) is 7.72. The van der Waals surface area contributed by atoms with Crippen LogP contribution in [0.1, 0.15) is 21.5 Å². The molecule has 0 bridgehead atoms. The van der Waals surface area contributed by atoms with Crippen molar-refractivity contribution in [1.82, 2.24) is 14.6 Å². The van der Waals surface area contributed by atoms with E-state index >= 15 is 0 Å². The maximum atomic E-state index is 11.5. The van der Waals surface area contributed by atoms with Crippen LogP contribution in [0.2, 0.25) is 0 Å². The van der Waals surface area contributed by atoms with Gasteiger partial charge >= 0.3 is 0 Å². The van der Waals surface area contributed by atoms with Crippen LogP contribution in [-0.4, -0.2) is 18.4 Å². The van der Waals surface area contributed by atoms with Gasteiger partial charge in [0.15, 0.2) is 5.65 Å². The highest BCUT2D eigenvalue weighted by Gasteiger charge is 2.16. The molecule has 0 saturated heterocycles. The Morgan fingerprint density at radius 3 is 3.11 bits per heavy atom. The van der Waals surface area contributed by atoms with Gasteiger partial charge in [0, 0.05) is 39.2 Å². The molecule has 0 atom stereocenters. The first-order valence-electron chi connectivity index (χ1n) is 5.82. The lowest BCUT2D eigenvalue weighted by atomic mass is 10.1. The van der Waals surface area contributed by atoms with Crippen LogP contribution >= 0.6 is 33.9 Å². The lowest BCUT2D eigenvalue weighted by Crippen LogP contribution is -1.93. The molecule has 0 fully saturated rings. The largest absolute Gasteiger partial charge is 0.281 e. The van der Waals surface area contributed by atoms with Gasteiger partial charge < -0.3 is 0 Å². The summed E-state index contributed by atoms with van der Waals surface area (Å²) in [5.74, 6) is 0. The number of carbonyl (C=O) groups is 1. The van der Waals surface area contributed by atoms with E-state index in [-0.39, 0.29) is 3.79 Å². The summed E-state index contributed by atoms with van der Waals surface area (Å²) >= 11 is 3.37. The summed E-state index contributed by atoms with van der Waals surface area (Å²) < 4.78 is 1.88. The lowest BCUT2D eigenvalue weighted by Gasteiger charge is -2.00. The fourth-order valence-corrected chi connectivity index (χ4v) is 3.44. The van der Waals surface area contributed by atoms with Gasteiger partial charge in [-0.2, -0.15) is 5.10 Å². The molecule has 0 amide bonds. The molecule has 3 aromatic heterocycles. The van der Waals surface area contributed by atoms with Gasteiger partial charge in [-0.3, -0.25) is 4.79 Å². The van der Waals surface area contributed by atoms with E-state index in [1.807, 2.05) is 51.5 Å². The van der Waals surface area contributed by atoms with Crippen molar-refractivity contribution >= 4 is 43.4 Å². The Bertz CT molecular complexity index is 762. The molecule has 0 unspecified atom stereocenters. The maximum Gasteiger partial charge on any atom is 0.232 e. The zero-order valence-electron chi connectivity index (χ0n) is 10.1. The number of carbonyl (C=O) groups excluding carboxylic acids is 1. The molecule has 19 heavy (non-hydrogen) atoms. The molecule has 0 N–H and O–H groups in total. The zero-order chi connectivity index (χ0) is 13.4. The molecule has 3 heterocycles. The third kappa shape index (κ3) is 2.18. The predicted octanol–water partition coefficient (Wildman–Crippen LogP) is 3.60. The molecule has 0 aliphatic carbocycles. The highest BCUT2D eigenvalue weighted by Crippen LogP contribution is 2.33. The first kappa shape index (κ1) is 12.7. The summed E-state index contributed by atoms with van der Waals surface area (Å²) in [6.45, 7) is 2.09. The van der Waals surface area contributed by atoms with Crippen molar-refractivity contribution in [2.24, 2.45) is 0 Å². The molecule has 0 spiro atoms. The smallest absolute Gasteiger partial charge is 0.232 e. The van der Waals surface area contributed by atoms with E-state index in [1.165, 1.54) is 4.88 Å². The lowest BCUT2D eigenvalue weighted by molar-refractivity contribution is 0.110. The second kappa shape index (κ2) is 5.01. The van der Waals surface area contributed by atoms with Gasteiger partial charge in [-0.15, -0.1) is 11.3 Å². The van der Waals surface area contributed by atoms with Gasteiger partial charge in [-0.05, 0) is 24.6 Å². The molecular formula is C13H10IN3OS. The number of nitrogens with zero attached hydrogens (tertiary/aromatic N) is 3. The summed E-state index contributed by atoms with van der Waals surface area (Å²) in [6, 6.07) is 5.72. The van der Waals surface area contributed by atoms with Crippen molar-refractivity contribution in [3.8, 4) is 11.3 Å². The minimum absolute atomic E-state index is 0.0744. The van der Waals surface area contributed by atoms with Crippen LogP contribution in [0, 0.1) is 0 Å². The normalized spacial score (nSPS) is 11.1. The third-order valence-electron chi connectivity index (χ3n) is 2.88.